The number of carbonyl (C=O) groups is 4. The third kappa shape index (κ3) is 3.12. The molecule has 0 unspecified atom stereocenters. The fraction of sp³-hybridized carbons (Fsp3) is 0.111. The smallest absolute Gasteiger partial charge is 0.337 e. The van der Waals surface area contributed by atoms with Crippen molar-refractivity contribution in [2.75, 3.05) is 7.11 Å². The van der Waals surface area contributed by atoms with Crippen LogP contribution in [0.25, 0.3) is 0 Å². The van der Waals surface area contributed by atoms with Crippen LogP contribution in [0.1, 0.15) is 36.6 Å². The van der Waals surface area contributed by atoms with Crippen LogP contribution < -0.4 is 0 Å². The second-order valence-electron chi connectivity index (χ2n) is 5.28. The van der Waals surface area contributed by atoms with Gasteiger partial charge in [-0.2, -0.15) is 0 Å². The molecular formula is C18H13NO6. The molecule has 0 saturated carbocycles. The van der Waals surface area contributed by atoms with E-state index in [0.717, 1.165) is 0 Å². The van der Waals surface area contributed by atoms with Crippen molar-refractivity contribution >= 4 is 23.8 Å². The summed E-state index contributed by atoms with van der Waals surface area (Å²) in [7, 11) is 1.27. The molecule has 0 bridgehead atoms. The SMILES string of the molecule is COC(=O)c1ccc(CC(=O)ON2C(=O)c3ccccc3C2=O)cc1. The Morgan fingerprint density at radius 1 is 0.920 bits per heavy atom. The van der Waals surface area contributed by atoms with E-state index < -0.39 is 23.8 Å². The van der Waals surface area contributed by atoms with Crippen LogP contribution in [-0.2, 0) is 20.8 Å². The summed E-state index contributed by atoms with van der Waals surface area (Å²) < 4.78 is 4.59. The zero-order valence-electron chi connectivity index (χ0n) is 13.2. The minimum absolute atomic E-state index is 0.158. The summed E-state index contributed by atoms with van der Waals surface area (Å²) in [6.45, 7) is 0. The maximum absolute atomic E-state index is 12.1. The van der Waals surface area contributed by atoms with Gasteiger partial charge in [0.1, 0.15) is 0 Å². The molecule has 25 heavy (non-hydrogen) atoms. The fourth-order valence-electron chi connectivity index (χ4n) is 2.43. The fourth-order valence-corrected chi connectivity index (χ4v) is 2.43. The maximum Gasteiger partial charge on any atom is 0.337 e. The molecule has 2 aromatic carbocycles. The number of benzene rings is 2. The number of methoxy groups -OCH3 is 1. The topological polar surface area (TPSA) is 90.0 Å². The summed E-state index contributed by atoms with van der Waals surface area (Å²) >= 11 is 0. The summed E-state index contributed by atoms with van der Waals surface area (Å²) in [5.41, 5.74) is 1.31. The minimum atomic E-state index is -0.764. The highest BCUT2D eigenvalue weighted by atomic mass is 16.7. The van der Waals surface area contributed by atoms with E-state index in [1.807, 2.05) is 0 Å². The lowest BCUT2D eigenvalue weighted by Crippen LogP contribution is -2.33. The molecule has 0 fully saturated rings. The molecule has 126 valence electrons. The van der Waals surface area contributed by atoms with Gasteiger partial charge < -0.3 is 9.57 Å². The van der Waals surface area contributed by atoms with Gasteiger partial charge in [-0.1, -0.05) is 29.3 Å². The van der Waals surface area contributed by atoms with Crippen molar-refractivity contribution in [3.8, 4) is 0 Å². The Kier molecular flexibility index (Phi) is 4.30. The van der Waals surface area contributed by atoms with Crippen molar-refractivity contribution in [2.24, 2.45) is 0 Å². The second kappa shape index (κ2) is 6.56. The summed E-state index contributed by atoms with van der Waals surface area (Å²) in [6.07, 6.45) is -0.158. The van der Waals surface area contributed by atoms with Crippen LogP contribution in [0.15, 0.2) is 48.5 Å². The van der Waals surface area contributed by atoms with E-state index in [0.29, 0.717) is 16.2 Å². The van der Waals surface area contributed by atoms with Crippen molar-refractivity contribution in [2.45, 2.75) is 6.42 Å². The number of imide groups is 1. The van der Waals surface area contributed by atoms with Gasteiger partial charge in [0, 0.05) is 0 Å². The van der Waals surface area contributed by atoms with E-state index in [1.165, 1.54) is 31.4 Å². The van der Waals surface area contributed by atoms with Gasteiger partial charge >= 0.3 is 11.9 Å². The number of ether oxygens (including phenoxy) is 1. The largest absolute Gasteiger partial charge is 0.465 e. The number of hydrogen-bond acceptors (Lipinski definition) is 6. The number of nitrogens with zero attached hydrogens (tertiary/aromatic N) is 1. The van der Waals surface area contributed by atoms with Crippen LogP contribution in [0.2, 0.25) is 0 Å². The minimum Gasteiger partial charge on any atom is -0.465 e. The Hall–Kier alpha value is -3.48. The highest BCUT2D eigenvalue weighted by Gasteiger charge is 2.38. The van der Waals surface area contributed by atoms with Crippen LogP contribution in [0.3, 0.4) is 0 Å². The first-order valence-electron chi connectivity index (χ1n) is 7.37. The van der Waals surface area contributed by atoms with Gasteiger partial charge in [0.25, 0.3) is 11.8 Å². The molecule has 7 heteroatoms. The number of carbonyl (C=O) groups excluding carboxylic acids is 4. The molecule has 3 rings (SSSR count). The zero-order chi connectivity index (χ0) is 18.0. The number of hydrogen-bond donors (Lipinski definition) is 0. The van der Waals surface area contributed by atoms with Gasteiger partial charge in [0.2, 0.25) is 0 Å². The Labute approximate surface area is 142 Å². The average Bonchev–Trinajstić information content (AvgIpc) is 2.87. The molecule has 7 nitrogen and oxygen atoms in total. The molecule has 1 aliphatic heterocycles. The Bertz CT molecular complexity index is 836. The summed E-state index contributed by atoms with van der Waals surface area (Å²) in [6, 6.07) is 12.4. The van der Waals surface area contributed by atoms with Gasteiger partial charge in [-0.05, 0) is 29.8 Å². The van der Waals surface area contributed by atoms with Crippen LogP contribution >= 0.6 is 0 Å². The zero-order valence-corrected chi connectivity index (χ0v) is 13.2. The van der Waals surface area contributed by atoms with E-state index in [4.69, 9.17) is 4.84 Å². The van der Waals surface area contributed by atoms with Crippen molar-refractivity contribution in [1.82, 2.24) is 5.06 Å². The first-order chi connectivity index (χ1) is 12.0. The number of esters is 1. The standard InChI is InChI=1S/C18H13NO6/c1-24-18(23)12-8-6-11(7-9-12)10-15(20)25-19-16(21)13-4-2-3-5-14(13)17(19)22/h2-9H,10H2,1H3. The molecule has 0 aromatic heterocycles. The molecule has 2 aromatic rings. The van der Waals surface area contributed by atoms with Crippen LogP contribution in [0.5, 0.6) is 0 Å². The molecule has 1 heterocycles. The Morgan fingerprint density at radius 3 is 2.00 bits per heavy atom. The molecule has 0 N–H and O–H groups in total. The quantitative estimate of drug-likeness (QED) is 0.623. The number of rotatable bonds is 4. The molecular weight excluding hydrogens is 326 g/mol. The molecule has 1 aliphatic rings. The molecule has 0 saturated heterocycles. The van der Waals surface area contributed by atoms with E-state index in [1.54, 1.807) is 24.3 Å². The van der Waals surface area contributed by atoms with Crippen molar-refractivity contribution in [3.63, 3.8) is 0 Å². The van der Waals surface area contributed by atoms with Crippen molar-refractivity contribution < 1.29 is 28.8 Å². The second-order valence-corrected chi connectivity index (χ2v) is 5.28. The molecule has 0 aliphatic carbocycles. The average molecular weight is 339 g/mol. The van der Waals surface area contributed by atoms with E-state index in [-0.39, 0.29) is 17.5 Å². The first kappa shape index (κ1) is 16.4. The number of amides is 2. The lowest BCUT2D eigenvalue weighted by Gasteiger charge is -2.12. The van der Waals surface area contributed by atoms with Crippen molar-refractivity contribution in [1.29, 1.82) is 0 Å². The summed E-state index contributed by atoms with van der Waals surface area (Å²) in [4.78, 5) is 52.6. The molecule has 0 radical (unpaired) electrons. The van der Waals surface area contributed by atoms with Crippen LogP contribution in [-0.4, -0.2) is 35.9 Å². The third-order valence-electron chi connectivity index (χ3n) is 3.67. The van der Waals surface area contributed by atoms with Gasteiger partial charge in [-0.15, -0.1) is 0 Å². The van der Waals surface area contributed by atoms with Crippen LogP contribution in [0.4, 0.5) is 0 Å². The highest BCUT2D eigenvalue weighted by molar-refractivity contribution is 6.20. The van der Waals surface area contributed by atoms with Gasteiger partial charge in [0.05, 0.1) is 30.2 Å². The first-order valence-corrected chi connectivity index (χ1v) is 7.37. The van der Waals surface area contributed by atoms with Gasteiger partial charge in [-0.3, -0.25) is 9.59 Å². The predicted molar refractivity (Wildman–Crippen MR) is 84.5 cm³/mol. The van der Waals surface area contributed by atoms with E-state index in [9.17, 15) is 19.2 Å². The summed E-state index contributed by atoms with van der Waals surface area (Å²) in [5, 5.41) is 0.468. The lowest BCUT2D eigenvalue weighted by atomic mass is 10.1. The van der Waals surface area contributed by atoms with E-state index in [2.05, 4.69) is 4.74 Å². The highest BCUT2D eigenvalue weighted by Crippen LogP contribution is 2.22. The number of fused-ring (bicyclic) bond motifs is 1. The molecule has 2 amide bonds. The molecule has 0 spiro atoms. The molecule has 0 atom stereocenters. The maximum atomic E-state index is 12.1. The van der Waals surface area contributed by atoms with Crippen LogP contribution in [0, 0.1) is 0 Å². The normalized spacial score (nSPS) is 12.8. The Morgan fingerprint density at radius 2 is 1.48 bits per heavy atom. The third-order valence-corrected chi connectivity index (χ3v) is 3.67. The number of hydroxylamine groups is 2. The van der Waals surface area contributed by atoms with Crippen molar-refractivity contribution in [3.05, 3.63) is 70.8 Å². The Balaban J connectivity index is 1.67. The van der Waals surface area contributed by atoms with Gasteiger partial charge in [0.15, 0.2) is 0 Å². The van der Waals surface area contributed by atoms with E-state index >= 15 is 0 Å². The monoisotopic (exact) mass is 339 g/mol. The van der Waals surface area contributed by atoms with Gasteiger partial charge in [-0.25, -0.2) is 9.59 Å². The lowest BCUT2D eigenvalue weighted by molar-refractivity contribution is -0.167. The predicted octanol–water partition coefficient (Wildman–Crippen LogP) is 1.77. The summed E-state index contributed by atoms with van der Waals surface area (Å²) in [5.74, 6) is -2.59.